The molecule has 0 radical (unpaired) electrons. The van der Waals surface area contributed by atoms with Gasteiger partial charge in [-0.1, -0.05) is 12.1 Å². The Kier molecular flexibility index (Phi) is 5.07. The van der Waals surface area contributed by atoms with E-state index in [1.54, 1.807) is 14.2 Å². The lowest BCUT2D eigenvalue weighted by atomic mass is 9.95. The Morgan fingerprint density at radius 3 is 2.23 bits per heavy atom. The topological polar surface area (TPSA) is 59.6 Å². The van der Waals surface area contributed by atoms with E-state index in [0.717, 1.165) is 35.4 Å². The van der Waals surface area contributed by atoms with Gasteiger partial charge >= 0.3 is 6.03 Å². The second-order valence-corrected chi connectivity index (χ2v) is 7.03. The summed E-state index contributed by atoms with van der Waals surface area (Å²) in [5.74, 6) is 1.43. The highest BCUT2D eigenvalue weighted by Crippen LogP contribution is 2.49. The van der Waals surface area contributed by atoms with Crippen LogP contribution in [0.4, 0.5) is 10.5 Å². The Bertz CT molecular complexity index is 793. The van der Waals surface area contributed by atoms with Gasteiger partial charge < -0.3 is 20.1 Å². The Morgan fingerprint density at radius 1 is 1.00 bits per heavy atom. The number of hydrogen-bond donors (Lipinski definition) is 2. The van der Waals surface area contributed by atoms with Crippen molar-refractivity contribution < 1.29 is 14.3 Å². The molecule has 138 valence electrons. The van der Waals surface area contributed by atoms with Crippen LogP contribution in [0.3, 0.4) is 0 Å². The Balaban J connectivity index is 1.64. The van der Waals surface area contributed by atoms with Crippen molar-refractivity contribution in [1.82, 2.24) is 5.32 Å². The van der Waals surface area contributed by atoms with Crippen LogP contribution in [0.2, 0.25) is 0 Å². The number of hydrogen-bond acceptors (Lipinski definition) is 3. The standard InChI is InChI=1S/C21H26N2O3/c1-14-9-15(2)11-17(10-14)23-20(24)22-13-21(7-8-21)16-5-6-18(25-3)19(12-16)26-4/h5-6,9-12H,7-8,13H2,1-4H3,(H2,22,23,24). The van der Waals surface area contributed by atoms with E-state index in [4.69, 9.17) is 9.47 Å². The molecule has 0 heterocycles. The first-order valence-corrected chi connectivity index (χ1v) is 8.81. The zero-order chi connectivity index (χ0) is 18.7. The fraction of sp³-hybridized carbons (Fsp3) is 0.381. The molecule has 0 atom stereocenters. The molecule has 1 aliphatic rings. The van der Waals surface area contributed by atoms with Gasteiger partial charge in [-0.2, -0.15) is 0 Å². The third-order valence-corrected chi connectivity index (χ3v) is 4.92. The number of carbonyl (C=O) groups excluding carboxylic acids is 1. The summed E-state index contributed by atoms with van der Waals surface area (Å²) in [5.41, 5.74) is 4.23. The minimum Gasteiger partial charge on any atom is -0.493 e. The monoisotopic (exact) mass is 354 g/mol. The first-order chi connectivity index (χ1) is 12.5. The molecule has 0 unspecified atom stereocenters. The van der Waals surface area contributed by atoms with E-state index < -0.39 is 0 Å². The fourth-order valence-electron chi connectivity index (χ4n) is 3.36. The van der Waals surface area contributed by atoms with Gasteiger partial charge in [-0.05, 0) is 67.6 Å². The van der Waals surface area contributed by atoms with Crippen molar-refractivity contribution in [1.29, 1.82) is 0 Å². The molecule has 0 bridgehead atoms. The van der Waals surface area contributed by atoms with Gasteiger partial charge in [-0.15, -0.1) is 0 Å². The van der Waals surface area contributed by atoms with E-state index in [1.165, 1.54) is 5.56 Å². The minimum absolute atomic E-state index is 0.0145. The number of carbonyl (C=O) groups is 1. The Hall–Kier alpha value is -2.69. The van der Waals surface area contributed by atoms with Crippen molar-refractivity contribution in [2.24, 2.45) is 0 Å². The third-order valence-electron chi connectivity index (χ3n) is 4.92. The molecule has 26 heavy (non-hydrogen) atoms. The van der Waals surface area contributed by atoms with Gasteiger partial charge in [0, 0.05) is 17.6 Å². The Morgan fingerprint density at radius 2 is 1.65 bits per heavy atom. The van der Waals surface area contributed by atoms with Gasteiger partial charge in [-0.3, -0.25) is 0 Å². The predicted octanol–water partition coefficient (Wildman–Crippen LogP) is 4.17. The van der Waals surface area contributed by atoms with Crippen molar-refractivity contribution in [2.45, 2.75) is 32.1 Å². The van der Waals surface area contributed by atoms with Gasteiger partial charge in [0.25, 0.3) is 0 Å². The first-order valence-electron chi connectivity index (χ1n) is 8.81. The average molecular weight is 354 g/mol. The summed E-state index contributed by atoms with van der Waals surface area (Å²) in [5, 5.41) is 5.94. The van der Waals surface area contributed by atoms with Crippen LogP contribution in [0.1, 0.15) is 29.5 Å². The minimum atomic E-state index is -0.179. The van der Waals surface area contributed by atoms with Gasteiger partial charge in [0.1, 0.15) is 0 Å². The second-order valence-electron chi connectivity index (χ2n) is 7.03. The largest absolute Gasteiger partial charge is 0.493 e. The number of rotatable bonds is 6. The molecular weight excluding hydrogens is 328 g/mol. The molecule has 0 spiro atoms. The van der Waals surface area contributed by atoms with Crippen LogP contribution < -0.4 is 20.1 Å². The van der Waals surface area contributed by atoms with Crippen molar-refractivity contribution in [2.75, 3.05) is 26.1 Å². The number of benzene rings is 2. The molecule has 0 aromatic heterocycles. The van der Waals surface area contributed by atoms with Gasteiger partial charge in [0.2, 0.25) is 0 Å². The highest BCUT2D eigenvalue weighted by molar-refractivity contribution is 5.89. The van der Waals surface area contributed by atoms with Crippen LogP contribution in [0, 0.1) is 13.8 Å². The maximum Gasteiger partial charge on any atom is 0.319 e. The van der Waals surface area contributed by atoms with E-state index in [9.17, 15) is 4.79 Å². The van der Waals surface area contributed by atoms with E-state index >= 15 is 0 Å². The quantitative estimate of drug-likeness (QED) is 0.818. The van der Waals surface area contributed by atoms with Gasteiger partial charge in [0.05, 0.1) is 14.2 Å². The molecule has 2 aromatic carbocycles. The number of aryl methyl sites for hydroxylation is 2. The molecule has 2 N–H and O–H groups in total. The normalized spacial score (nSPS) is 14.5. The molecule has 2 aromatic rings. The van der Waals surface area contributed by atoms with Crippen LogP contribution in [0.25, 0.3) is 0 Å². The molecule has 3 rings (SSSR count). The lowest BCUT2D eigenvalue weighted by Gasteiger charge is -2.19. The smallest absolute Gasteiger partial charge is 0.319 e. The summed E-state index contributed by atoms with van der Waals surface area (Å²) in [6.45, 7) is 4.64. The summed E-state index contributed by atoms with van der Waals surface area (Å²) in [6, 6.07) is 11.8. The SMILES string of the molecule is COc1ccc(C2(CNC(=O)Nc3cc(C)cc(C)c3)CC2)cc1OC. The number of ether oxygens (including phenoxy) is 2. The molecule has 1 fully saturated rings. The predicted molar refractivity (Wildman–Crippen MR) is 103 cm³/mol. The number of nitrogens with one attached hydrogen (secondary N) is 2. The average Bonchev–Trinajstić information content (AvgIpc) is 3.39. The molecule has 1 aliphatic carbocycles. The summed E-state index contributed by atoms with van der Waals surface area (Å²) in [6.07, 6.45) is 2.10. The van der Waals surface area contributed by atoms with Crippen molar-refractivity contribution in [3.63, 3.8) is 0 Å². The summed E-state index contributed by atoms with van der Waals surface area (Å²) in [4.78, 5) is 12.3. The number of amides is 2. The maximum absolute atomic E-state index is 12.3. The molecular formula is C21H26N2O3. The second kappa shape index (κ2) is 7.28. The van der Waals surface area contributed by atoms with E-state index in [0.29, 0.717) is 12.3 Å². The van der Waals surface area contributed by atoms with Gasteiger partial charge in [-0.25, -0.2) is 4.79 Å². The molecule has 0 saturated heterocycles. The maximum atomic E-state index is 12.3. The summed E-state index contributed by atoms with van der Waals surface area (Å²) < 4.78 is 10.7. The molecule has 2 amide bonds. The lowest BCUT2D eigenvalue weighted by molar-refractivity contribution is 0.251. The van der Waals surface area contributed by atoms with Crippen LogP contribution >= 0.6 is 0 Å². The lowest BCUT2D eigenvalue weighted by Crippen LogP contribution is -2.35. The molecule has 1 saturated carbocycles. The third kappa shape index (κ3) is 3.93. The first kappa shape index (κ1) is 18.1. The van der Waals surface area contributed by atoms with E-state index in [1.807, 2.05) is 38.1 Å². The number of urea groups is 1. The number of anilines is 1. The van der Waals surface area contributed by atoms with Crippen molar-refractivity contribution >= 4 is 11.7 Å². The summed E-state index contributed by atoms with van der Waals surface area (Å²) in [7, 11) is 3.26. The highest BCUT2D eigenvalue weighted by atomic mass is 16.5. The molecule has 0 aliphatic heterocycles. The van der Waals surface area contributed by atoms with Crippen LogP contribution in [-0.4, -0.2) is 26.8 Å². The molecule has 5 nitrogen and oxygen atoms in total. The zero-order valence-electron chi connectivity index (χ0n) is 15.8. The Labute approximate surface area is 154 Å². The van der Waals surface area contributed by atoms with Crippen molar-refractivity contribution in [3.8, 4) is 11.5 Å². The fourth-order valence-corrected chi connectivity index (χ4v) is 3.36. The molecule has 5 heteroatoms. The number of methoxy groups -OCH3 is 2. The van der Waals surface area contributed by atoms with E-state index in [2.05, 4.69) is 22.8 Å². The van der Waals surface area contributed by atoms with Crippen LogP contribution in [-0.2, 0) is 5.41 Å². The van der Waals surface area contributed by atoms with Gasteiger partial charge in [0.15, 0.2) is 11.5 Å². The van der Waals surface area contributed by atoms with Crippen LogP contribution in [0.15, 0.2) is 36.4 Å². The van der Waals surface area contributed by atoms with Crippen molar-refractivity contribution in [3.05, 3.63) is 53.1 Å². The van der Waals surface area contributed by atoms with Crippen LogP contribution in [0.5, 0.6) is 11.5 Å². The zero-order valence-corrected chi connectivity index (χ0v) is 15.8. The summed E-state index contributed by atoms with van der Waals surface area (Å²) >= 11 is 0. The highest BCUT2D eigenvalue weighted by Gasteiger charge is 2.44. The van der Waals surface area contributed by atoms with E-state index in [-0.39, 0.29) is 11.4 Å².